The predicted molar refractivity (Wildman–Crippen MR) is 111 cm³/mol. The molecule has 3 heterocycles. The van der Waals surface area contributed by atoms with Crippen molar-refractivity contribution in [2.24, 2.45) is 0 Å². The smallest absolute Gasteiger partial charge is 0.322 e. The summed E-state index contributed by atoms with van der Waals surface area (Å²) in [4.78, 5) is 28.0. The van der Waals surface area contributed by atoms with Gasteiger partial charge in [-0.2, -0.15) is 31.4 Å². The minimum absolute atomic E-state index is 0.0447. The highest BCUT2D eigenvalue weighted by atomic mass is 19.4. The highest BCUT2D eigenvalue weighted by Crippen LogP contribution is 2.39. The Kier molecular flexibility index (Phi) is 4.83. The van der Waals surface area contributed by atoms with Crippen LogP contribution in [-0.4, -0.2) is 26.6 Å². The number of anilines is 2. The van der Waals surface area contributed by atoms with E-state index in [0.29, 0.717) is 28.0 Å². The summed E-state index contributed by atoms with van der Waals surface area (Å²) in [6, 6.07) is 8.78. The number of rotatable bonds is 3. The summed E-state index contributed by atoms with van der Waals surface area (Å²) in [5.74, 6) is -1.72. The molecule has 2 N–H and O–H groups in total. The lowest BCUT2D eigenvalue weighted by atomic mass is 10.0. The summed E-state index contributed by atoms with van der Waals surface area (Å²) in [5.41, 5.74) is -3.40. The van der Waals surface area contributed by atoms with Gasteiger partial charge in [0.05, 0.1) is 17.4 Å². The molecule has 35 heavy (non-hydrogen) atoms. The average Bonchev–Trinajstić information content (AvgIpc) is 3.37. The van der Waals surface area contributed by atoms with E-state index in [1.807, 2.05) is 5.32 Å². The third-order valence-electron chi connectivity index (χ3n) is 5.33. The van der Waals surface area contributed by atoms with E-state index in [4.69, 9.17) is 0 Å². The number of carbonyl (C=O) groups is 2. The highest BCUT2D eigenvalue weighted by Gasteiger charge is 2.41. The molecule has 0 atom stereocenters. The van der Waals surface area contributed by atoms with Crippen molar-refractivity contribution in [1.82, 2.24) is 14.8 Å². The van der Waals surface area contributed by atoms with Crippen LogP contribution in [0.4, 0.5) is 37.7 Å². The Bertz CT molecular complexity index is 1520. The molecule has 1 aliphatic heterocycles. The minimum atomic E-state index is -5.06. The van der Waals surface area contributed by atoms with Crippen molar-refractivity contribution in [1.29, 1.82) is 0 Å². The molecule has 178 valence electrons. The van der Waals surface area contributed by atoms with E-state index in [0.717, 1.165) is 12.3 Å². The van der Waals surface area contributed by atoms with Gasteiger partial charge in [-0.3, -0.25) is 14.6 Å². The molecule has 7 nitrogen and oxygen atoms in total. The second-order valence-corrected chi connectivity index (χ2v) is 7.51. The molecule has 2 amide bonds. The maximum atomic E-state index is 14.1. The van der Waals surface area contributed by atoms with Crippen molar-refractivity contribution >= 4 is 34.0 Å². The van der Waals surface area contributed by atoms with Crippen LogP contribution in [0.1, 0.15) is 32.1 Å². The summed E-state index contributed by atoms with van der Waals surface area (Å²) < 4.78 is 81.5. The number of nitrogens with one attached hydrogen (secondary N) is 2. The molecule has 0 fully saturated rings. The van der Waals surface area contributed by atoms with Gasteiger partial charge in [-0.05, 0) is 30.3 Å². The predicted octanol–water partition coefficient (Wildman–Crippen LogP) is 5.28. The number of pyridine rings is 1. The van der Waals surface area contributed by atoms with Gasteiger partial charge in [-0.25, -0.2) is 4.68 Å². The average molecular weight is 491 g/mol. The molecule has 1 aliphatic rings. The van der Waals surface area contributed by atoms with Crippen LogP contribution in [0.3, 0.4) is 0 Å². The van der Waals surface area contributed by atoms with E-state index < -0.39 is 46.8 Å². The van der Waals surface area contributed by atoms with E-state index in [9.17, 15) is 35.9 Å². The first kappa shape index (κ1) is 22.4. The van der Waals surface area contributed by atoms with Crippen LogP contribution >= 0.6 is 0 Å². The fraction of sp³-hybridized carbons (Fsp3) is 0.0909. The van der Waals surface area contributed by atoms with Gasteiger partial charge in [0.1, 0.15) is 5.69 Å². The number of aromatic nitrogens is 3. The Morgan fingerprint density at radius 2 is 1.77 bits per heavy atom. The van der Waals surface area contributed by atoms with Crippen molar-refractivity contribution < 1.29 is 35.9 Å². The van der Waals surface area contributed by atoms with Gasteiger partial charge in [-0.1, -0.05) is 12.1 Å². The standard InChI is InChI=1S/C22H11F6N5O2/c23-21(24,25)16-8-10(6-7-29-16)31-20(35)13-9-30-33(18(13)22(26,27)28)15-5-4-12-17-11(15)2-1-3-14(17)32-19(12)34/h1-9H,(H,32,34)(H,29,31,35). The molecule has 2 aromatic heterocycles. The molecule has 4 aromatic rings. The fourth-order valence-electron chi connectivity index (χ4n) is 3.89. The first-order chi connectivity index (χ1) is 16.4. The lowest BCUT2D eigenvalue weighted by molar-refractivity contribution is -0.143. The van der Waals surface area contributed by atoms with Gasteiger partial charge in [0, 0.05) is 33.9 Å². The summed E-state index contributed by atoms with van der Waals surface area (Å²) in [6.45, 7) is 0. The van der Waals surface area contributed by atoms with Crippen molar-refractivity contribution in [2.45, 2.75) is 12.4 Å². The molecular weight excluding hydrogens is 480 g/mol. The molecule has 0 aliphatic carbocycles. The third-order valence-corrected chi connectivity index (χ3v) is 5.33. The molecule has 0 saturated heterocycles. The molecule has 13 heteroatoms. The van der Waals surface area contributed by atoms with Crippen molar-refractivity contribution in [2.75, 3.05) is 10.6 Å². The maximum absolute atomic E-state index is 14.1. The highest BCUT2D eigenvalue weighted by molar-refractivity contribution is 6.25. The zero-order valence-corrected chi connectivity index (χ0v) is 17.1. The molecule has 0 spiro atoms. The van der Waals surface area contributed by atoms with Crippen molar-refractivity contribution in [3.8, 4) is 5.69 Å². The summed E-state index contributed by atoms with van der Waals surface area (Å²) in [6.07, 6.45) is -8.42. The van der Waals surface area contributed by atoms with Crippen LogP contribution in [0, 0.1) is 0 Å². The van der Waals surface area contributed by atoms with Crippen LogP contribution < -0.4 is 10.6 Å². The quantitative estimate of drug-likeness (QED) is 0.382. The summed E-state index contributed by atoms with van der Waals surface area (Å²) >= 11 is 0. The van der Waals surface area contributed by atoms with E-state index in [1.165, 1.54) is 18.2 Å². The van der Waals surface area contributed by atoms with Crippen molar-refractivity contribution in [3.05, 3.63) is 77.4 Å². The maximum Gasteiger partial charge on any atom is 0.434 e. The minimum Gasteiger partial charge on any atom is -0.322 e. The van der Waals surface area contributed by atoms with Gasteiger partial charge < -0.3 is 10.6 Å². The zero-order chi connectivity index (χ0) is 25.1. The summed E-state index contributed by atoms with van der Waals surface area (Å²) in [7, 11) is 0. The largest absolute Gasteiger partial charge is 0.434 e. The number of amides is 2. The Hall–Kier alpha value is -4.42. The lowest BCUT2D eigenvalue weighted by Gasteiger charge is -2.15. The Morgan fingerprint density at radius 1 is 1.00 bits per heavy atom. The lowest BCUT2D eigenvalue weighted by Crippen LogP contribution is -2.21. The van der Waals surface area contributed by atoms with Crippen molar-refractivity contribution in [3.63, 3.8) is 0 Å². The molecule has 0 bridgehead atoms. The van der Waals surface area contributed by atoms with Crippen LogP contribution in [-0.2, 0) is 12.4 Å². The number of benzene rings is 2. The summed E-state index contributed by atoms with van der Waals surface area (Å²) in [5, 5.41) is 9.10. The van der Waals surface area contributed by atoms with Gasteiger partial charge in [0.25, 0.3) is 11.8 Å². The van der Waals surface area contributed by atoms with Crippen LogP contribution in [0.15, 0.2) is 54.9 Å². The van der Waals surface area contributed by atoms with E-state index >= 15 is 0 Å². The van der Waals surface area contributed by atoms with E-state index in [2.05, 4.69) is 15.4 Å². The number of hydrogen-bond acceptors (Lipinski definition) is 4. The van der Waals surface area contributed by atoms with Gasteiger partial charge >= 0.3 is 12.4 Å². The second-order valence-electron chi connectivity index (χ2n) is 7.51. The third kappa shape index (κ3) is 3.74. The van der Waals surface area contributed by atoms with Crippen LogP contribution in [0.25, 0.3) is 16.5 Å². The topological polar surface area (TPSA) is 88.9 Å². The SMILES string of the molecule is O=C(Nc1ccnc(C(F)(F)F)c1)c1cnn(-c2ccc3c4c(cccc24)NC3=O)c1C(F)(F)F. The Balaban J connectivity index is 1.61. The van der Waals surface area contributed by atoms with Crippen LogP contribution in [0.5, 0.6) is 0 Å². The normalized spacial score (nSPS) is 13.3. The van der Waals surface area contributed by atoms with Gasteiger partial charge in [0.2, 0.25) is 0 Å². The number of alkyl halides is 6. The molecule has 2 aromatic carbocycles. The zero-order valence-electron chi connectivity index (χ0n) is 17.1. The molecule has 0 radical (unpaired) electrons. The Labute approximate surface area is 191 Å². The van der Waals surface area contributed by atoms with Gasteiger partial charge in [0.15, 0.2) is 5.69 Å². The van der Waals surface area contributed by atoms with E-state index in [1.54, 1.807) is 12.1 Å². The van der Waals surface area contributed by atoms with E-state index in [-0.39, 0.29) is 16.6 Å². The first-order valence-electron chi connectivity index (χ1n) is 9.82. The molecular formula is C22H11F6N5O2. The van der Waals surface area contributed by atoms with Gasteiger partial charge in [-0.15, -0.1) is 0 Å². The number of hydrogen-bond donors (Lipinski definition) is 2. The molecule has 0 saturated carbocycles. The molecule has 0 unspecified atom stereocenters. The van der Waals surface area contributed by atoms with Crippen LogP contribution in [0.2, 0.25) is 0 Å². The Morgan fingerprint density at radius 3 is 2.49 bits per heavy atom. The number of nitrogens with zero attached hydrogens (tertiary/aromatic N) is 3. The monoisotopic (exact) mass is 491 g/mol. The molecule has 5 rings (SSSR count). The number of carbonyl (C=O) groups excluding carboxylic acids is 2. The fourth-order valence-corrected chi connectivity index (χ4v) is 3.89. The second kappa shape index (κ2) is 7.55. The number of halogens is 6. The first-order valence-corrected chi connectivity index (χ1v) is 9.82.